The fourth-order valence-electron chi connectivity index (χ4n) is 3.94. The zero-order chi connectivity index (χ0) is 24.0. The van der Waals surface area contributed by atoms with E-state index in [9.17, 15) is 14.4 Å². The summed E-state index contributed by atoms with van der Waals surface area (Å²) in [5, 5.41) is 14.2. The summed E-state index contributed by atoms with van der Waals surface area (Å²) in [6.45, 7) is 6.07. The summed E-state index contributed by atoms with van der Waals surface area (Å²) in [6.07, 6.45) is -0.646. The van der Waals surface area contributed by atoms with E-state index in [-0.39, 0.29) is 24.2 Å². The molecule has 0 saturated carbocycles. The lowest BCUT2D eigenvalue weighted by Gasteiger charge is -2.30. The fraction of sp³-hybridized carbons (Fsp3) is 0.400. The van der Waals surface area contributed by atoms with Gasteiger partial charge in [-0.25, -0.2) is 4.79 Å². The highest BCUT2D eigenvalue weighted by Gasteiger charge is 2.34. The summed E-state index contributed by atoms with van der Waals surface area (Å²) in [7, 11) is 0. The van der Waals surface area contributed by atoms with Crippen molar-refractivity contribution < 1.29 is 24.2 Å². The van der Waals surface area contributed by atoms with Crippen molar-refractivity contribution in [3.05, 3.63) is 59.7 Å². The van der Waals surface area contributed by atoms with Gasteiger partial charge in [-0.2, -0.15) is 0 Å². The standard InChI is InChI=1S/C25H30N2O5S/c1-25(2,3)22(23(30)26-12-13-33-15-21(28)29)27-24(31)32-14-20-18-10-6-4-8-16(18)17-9-5-7-11-19(17)20/h4-11,20,22H,12-15H2,1-3H3,(H,26,30)(H,27,31)(H,28,29). The van der Waals surface area contributed by atoms with Crippen LogP contribution < -0.4 is 10.6 Å². The second-order valence-electron chi connectivity index (χ2n) is 9.01. The molecule has 33 heavy (non-hydrogen) atoms. The Balaban J connectivity index is 1.59. The number of amides is 2. The molecule has 1 aliphatic rings. The molecule has 0 fully saturated rings. The summed E-state index contributed by atoms with van der Waals surface area (Å²) in [5.41, 5.74) is 4.00. The molecule has 0 heterocycles. The van der Waals surface area contributed by atoms with Crippen LogP contribution in [0.2, 0.25) is 0 Å². The number of hydrogen-bond donors (Lipinski definition) is 3. The normalized spacial score (nSPS) is 13.5. The average Bonchev–Trinajstić information content (AvgIpc) is 3.08. The number of benzene rings is 2. The Labute approximate surface area is 198 Å². The highest BCUT2D eigenvalue weighted by Crippen LogP contribution is 2.44. The number of aliphatic carboxylic acids is 1. The highest BCUT2D eigenvalue weighted by atomic mass is 32.2. The topological polar surface area (TPSA) is 105 Å². The number of carbonyl (C=O) groups is 3. The van der Waals surface area contributed by atoms with Gasteiger partial charge >= 0.3 is 12.1 Å². The average molecular weight is 471 g/mol. The van der Waals surface area contributed by atoms with E-state index in [1.807, 2.05) is 45.0 Å². The maximum absolute atomic E-state index is 12.7. The molecule has 2 aromatic carbocycles. The molecular weight excluding hydrogens is 440 g/mol. The Bertz CT molecular complexity index is 972. The molecule has 1 unspecified atom stereocenters. The summed E-state index contributed by atoms with van der Waals surface area (Å²) in [6, 6.07) is 15.4. The van der Waals surface area contributed by atoms with Crippen molar-refractivity contribution in [1.29, 1.82) is 0 Å². The minimum Gasteiger partial charge on any atom is -0.481 e. The predicted octanol–water partition coefficient (Wildman–Crippen LogP) is 3.87. The quantitative estimate of drug-likeness (QED) is 0.481. The zero-order valence-corrected chi connectivity index (χ0v) is 19.9. The maximum atomic E-state index is 12.7. The van der Waals surface area contributed by atoms with Crippen molar-refractivity contribution >= 4 is 29.7 Å². The van der Waals surface area contributed by atoms with Crippen LogP contribution >= 0.6 is 11.8 Å². The number of ether oxygens (including phenoxy) is 1. The molecule has 2 aromatic rings. The van der Waals surface area contributed by atoms with Crippen LogP contribution in [0, 0.1) is 5.41 Å². The monoisotopic (exact) mass is 470 g/mol. The number of hydrogen-bond acceptors (Lipinski definition) is 5. The Morgan fingerprint density at radius 2 is 1.61 bits per heavy atom. The van der Waals surface area contributed by atoms with E-state index >= 15 is 0 Å². The highest BCUT2D eigenvalue weighted by molar-refractivity contribution is 7.99. The number of nitrogens with one attached hydrogen (secondary N) is 2. The largest absolute Gasteiger partial charge is 0.481 e. The van der Waals surface area contributed by atoms with Gasteiger partial charge in [-0.15, -0.1) is 11.8 Å². The minimum atomic E-state index is -0.893. The molecule has 0 spiro atoms. The molecule has 1 atom stereocenters. The molecule has 0 aromatic heterocycles. The molecule has 176 valence electrons. The number of carbonyl (C=O) groups excluding carboxylic acids is 2. The van der Waals surface area contributed by atoms with Gasteiger partial charge in [0.1, 0.15) is 12.6 Å². The van der Waals surface area contributed by atoms with Crippen molar-refractivity contribution in [2.75, 3.05) is 24.7 Å². The fourth-order valence-corrected chi connectivity index (χ4v) is 4.51. The zero-order valence-electron chi connectivity index (χ0n) is 19.1. The van der Waals surface area contributed by atoms with Gasteiger partial charge in [-0.3, -0.25) is 9.59 Å². The first kappa shape index (κ1) is 24.6. The summed E-state index contributed by atoms with van der Waals surface area (Å²) >= 11 is 1.22. The van der Waals surface area contributed by atoms with Gasteiger partial charge in [0.25, 0.3) is 0 Å². The molecular formula is C25H30N2O5S. The van der Waals surface area contributed by atoms with Crippen LogP contribution in [0.5, 0.6) is 0 Å². The molecule has 3 N–H and O–H groups in total. The van der Waals surface area contributed by atoms with Gasteiger partial charge in [0, 0.05) is 18.2 Å². The molecule has 1 aliphatic carbocycles. The third kappa shape index (κ3) is 6.28. The summed E-state index contributed by atoms with van der Waals surface area (Å²) < 4.78 is 5.59. The van der Waals surface area contributed by atoms with Crippen LogP contribution in [-0.4, -0.2) is 53.8 Å². The van der Waals surface area contributed by atoms with Crippen molar-refractivity contribution in [1.82, 2.24) is 10.6 Å². The van der Waals surface area contributed by atoms with Crippen LogP contribution in [0.3, 0.4) is 0 Å². The second kappa shape index (κ2) is 10.7. The van der Waals surface area contributed by atoms with Crippen molar-refractivity contribution in [3.8, 4) is 11.1 Å². The third-order valence-corrected chi connectivity index (χ3v) is 6.45. The number of carboxylic acid groups (broad SMARTS) is 1. The second-order valence-corrected chi connectivity index (χ2v) is 10.1. The number of rotatable bonds is 9. The van der Waals surface area contributed by atoms with E-state index < -0.39 is 23.5 Å². The van der Waals surface area contributed by atoms with Crippen LogP contribution in [0.15, 0.2) is 48.5 Å². The molecule has 2 amide bonds. The van der Waals surface area contributed by atoms with E-state index in [1.54, 1.807) is 0 Å². The molecule has 7 nitrogen and oxygen atoms in total. The summed E-state index contributed by atoms with van der Waals surface area (Å²) in [5.74, 6) is -0.824. The smallest absolute Gasteiger partial charge is 0.407 e. The first-order valence-corrected chi connectivity index (χ1v) is 12.0. The SMILES string of the molecule is CC(C)(C)C(NC(=O)OCC1c2ccccc2-c2ccccc21)C(=O)NCCSCC(=O)O. The lowest BCUT2D eigenvalue weighted by Crippen LogP contribution is -2.54. The van der Waals surface area contributed by atoms with E-state index in [0.29, 0.717) is 12.3 Å². The summed E-state index contributed by atoms with van der Waals surface area (Å²) in [4.78, 5) is 35.9. The van der Waals surface area contributed by atoms with Crippen molar-refractivity contribution in [2.45, 2.75) is 32.7 Å². The Morgan fingerprint density at radius 1 is 1.03 bits per heavy atom. The maximum Gasteiger partial charge on any atom is 0.407 e. The Hall–Kier alpha value is -3.00. The predicted molar refractivity (Wildman–Crippen MR) is 129 cm³/mol. The first-order valence-electron chi connectivity index (χ1n) is 10.9. The number of carboxylic acids is 1. The molecule has 0 bridgehead atoms. The van der Waals surface area contributed by atoms with Crippen LogP contribution in [0.25, 0.3) is 11.1 Å². The number of thioether (sulfide) groups is 1. The molecule has 3 rings (SSSR count). The van der Waals surface area contributed by atoms with Gasteiger partial charge in [0.2, 0.25) is 5.91 Å². The van der Waals surface area contributed by atoms with Gasteiger partial charge in [0.15, 0.2) is 0 Å². The molecule has 0 aliphatic heterocycles. The van der Waals surface area contributed by atoms with Gasteiger partial charge in [0.05, 0.1) is 5.75 Å². The Kier molecular flexibility index (Phi) is 8.02. The van der Waals surface area contributed by atoms with E-state index in [4.69, 9.17) is 9.84 Å². The first-order chi connectivity index (χ1) is 15.7. The van der Waals surface area contributed by atoms with E-state index in [0.717, 1.165) is 22.3 Å². The number of fused-ring (bicyclic) bond motifs is 3. The number of alkyl carbamates (subject to hydrolysis) is 1. The van der Waals surface area contributed by atoms with Gasteiger partial charge in [-0.05, 0) is 27.7 Å². The third-order valence-electron chi connectivity index (χ3n) is 5.51. The van der Waals surface area contributed by atoms with E-state index in [2.05, 4.69) is 34.9 Å². The Morgan fingerprint density at radius 3 is 2.15 bits per heavy atom. The molecule has 0 saturated heterocycles. The van der Waals surface area contributed by atoms with E-state index in [1.165, 1.54) is 11.8 Å². The van der Waals surface area contributed by atoms with Crippen LogP contribution in [0.1, 0.15) is 37.8 Å². The molecule has 0 radical (unpaired) electrons. The molecule has 8 heteroatoms. The van der Waals surface area contributed by atoms with Crippen molar-refractivity contribution in [2.24, 2.45) is 5.41 Å². The minimum absolute atomic E-state index is 0.0173. The lowest BCUT2D eigenvalue weighted by molar-refractivity contribution is -0.134. The van der Waals surface area contributed by atoms with Gasteiger partial charge in [-0.1, -0.05) is 69.3 Å². The van der Waals surface area contributed by atoms with Crippen LogP contribution in [-0.2, 0) is 14.3 Å². The van der Waals surface area contributed by atoms with Crippen molar-refractivity contribution in [3.63, 3.8) is 0 Å². The van der Waals surface area contributed by atoms with Gasteiger partial charge < -0.3 is 20.5 Å². The van der Waals surface area contributed by atoms with Crippen LogP contribution in [0.4, 0.5) is 4.79 Å². The lowest BCUT2D eigenvalue weighted by atomic mass is 9.86.